The second-order valence-electron chi connectivity index (χ2n) is 7.55. The van der Waals surface area contributed by atoms with Crippen LogP contribution < -0.4 is 9.64 Å². The number of halogens is 2. The summed E-state index contributed by atoms with van der Waals surface area (Å²) in [5.74, 6) is 1.47. The van der Waals surface area contributed by atoms with E-state index < -0.39 is 6.61 Å². The molecule has 1 fully saturated rings. The number of piperidine rings is 1. The summed E-state index contributed by atoms with van der Waals surface area (Å²) in [6.45, 7) is -1.42. The molecular formula is C21H23F2N5O2. The number of benzene rings is 1. The first-order valence-electron chi connectivity index (χ1n) is 9.79. The highest BCUT2D eigenvalue weighted by atomic mass is 19.3. The Hall–Kier alpha value is -3.23. The summed E-state index contributed by atoms with van der Waals surface area (Å²) >= 11 is 0. The van der Waals surface area contributed by atoms with Gasteiger partial charge in [-0.2, -0.15) is 8.78 Å². The van der Waals surface area contributed by atoms with Crippen molar-refractivity contribution in [2.24, 2.45) is 5.92 Å². The summed E-state index contributed by atoms with van der Waals surface area (Å²) in [6, 6.07) is 10.1. The SMILES string of the molecule is CN(C)C(=O)[C@@H]1CCCN(c2ccc3nc(-c4cccc(OC(F)F)c4)[nH]c3n2)C1. The number of hydrogen-bond acceptors (Lipinski definition) is 5. The number of carbonyl (C=O) groups is 1. The Morgan fingerprint density at radius 2 is 2.10 bits per heavy atom. The summed E-state index contributed by atoms with van der Waals surface area (Å²) in [4.78, 5) is 28.5. The Morgan fingerprint density at radius 1 is 1.27 bits per heavy atom. The molecule has 7 nitrogen and oxygen atoms in total. The van der Waals surface area contributed by atoms with Gasteiger partial charge in [-0.15, -0.1) is 0 Å². The Kier molecular flexibility index (Phi) is 5.52. The fourth-order valence-electron chi connectivity index (χ4n) is 3.77. The van der Waals surface area contributed by atoms with E-state index >= 15 is 0 Å². The molecule has 1 aromatic carbocycles. The van der Waals surface area contributed by atoms with Gasteiger partial charge in [0, 0.05) is 32.7 Å². The molecule has 1 saturated heterocycles. The standard InChI is InChI=1S/C21H23F2N5O2/c1-27(2)20(29)14-6-4-10-28(12-14)17-9-8-16-19(25-17)26-18(24-16)13-5-3-7-15(11-13)30-21(22)23/h3,5,7-9,11,14,21H,4,6,10,12H2,1-2H3,(H,24,25,26)/t14-/m1/s1. The number of aromatic amines is 1. The highest BCUT2D eigenvalue weighted by Gasteiger charge is 2.27. The van der Waals surface area contributed by atoms with Gasteiger partial charge in [0.1, 0.15) is 22.9 Å². The Labute approximate surface area is 172 Å². The van der Waals surface area contributed by atoms with Crippen LogP contribution in [0.3, 0.4) is 0 Å². The predicted octanol–water partition coefficient (Wildman–Crippen LogP) is 3.53. The van der Waals surface area contributed by atoms with Gasteiger partial charge in [0.2, 0.25) is 5.91 Å². The number of amides is 1. The third-order valence-electron chi connectivity index (χ3n) is 5.20. The summed E-state index contributed by atoms with van der Waals surface area (Å²) in [5.41, 5.74) is 1.90. The van der Waals surface area contributed by atoms with Gasteiger partial charge in [0.05, 0.1) is 5.92 Å². The van der Waals surface area contributed by atoms with Crippen molar-refractivity contribution in [3.63, 3.8) is 0 Å². The zero-order valence-corrected chi connectivity index (χ0v) is 16.8. The van der Waals surface area contributed by atoms with Crippen molar-refractivity contribution in [3.8, 4) is 17.1 Å². The molecule has 30 heavy (non-hydrogen) atoms. The van der Waals surface area contributed by atoms with E-state index in [1.54, 1.807) is 31.1 Å². The van der Waals surface area contributed by atoms with Gasteiger partial charge in [0.15, 0.2) is 5.65 Å². The fourth-order valence-corrected chi connectivity index (χ4v) is 3.77. The lowest BCUT2D eigenvalue weighted by Gasteiger charge is -2.33. The average molecular weight is 415 g/mol. The minimum Gasteiger partial charge on any atom is -0.435 e. The number of nitrogens with one attached hydrogen (secondary N) is 1. The van der Waals surface area contributed by atoms with E-state index in [9.17, 15) is 13.6 Å². The smallest absolute Gasteiger partial charge is 0.387 e. The van der Waals surface area contributed by atoms with Crippen molar-refractivity contribution < 1.29 is 18.3 Å². The molecule has 0 bridgehead atoms. The van der Waals surface area contributed by atoms with Crippen LogP contribution in [0.25, 0.3) is 22.6 Å². The maximum atomic E-state index is 12.5. The van der Waals surface area contributed by atoms with Crippen molar-refractivity contribution >= 4 is 22.9 Å². The monoisotopic (exact) mass is 415 g/mol. The highest BCUT2D eigenvalue weighted by molar-refractivity contribution is 5.80. The van der Waals surface area contributed by atoms with Gasteiger partial charge >= 0.3 is 6.61 Å². The van der Waals surface area contributed by atoms with Crippen LogP contribution in [0.15, 0.2) is 36.4 Å². The van der Waals surface area contributed by atoms with Crippen molar-refractivity contribution in [2.75, 3.05) is 32.1 Å². The van der Waals surface area contributed by atoms with Crippen LogP contribution in [-0.4, -0.2) is 59.6 Å². The quantitative estimate of drug-likeness (QED) is 0.690. The molecule has 0 radical (unpaired) electrons. The van der Waals surface area contributed by atoms with Crippen LogP contribution >= 0.6 is 0 Å². The number of ether oxygens (including phenoxy) is 1. The number of imidazole rings is 1. The van der Waals surface area contributed by atoms with Crippen molar-refractivity contribution in [2.45, 2.75) is 19.5 Å². The molecule has 0 aliphatic carbocycles. The van der Waals surface area contributed by atoms with Gasteiger partial charge in [-0.1, -0.05) is 12.1 Å². The van der Waals surface area contributed by atoms with Gasteiger partial charge in [-0.05, 0) is 37.1 Å². The second kappa shape index (κ2) is 8.25. The number of H-pyrrole nitrogens is 1. The summed E-state index contributed by atoms with van der Waals surface area (Å²) in [7, 11) is 3.55. The van der Waals surface area contributed by atoms with Crippen LogP contribution in [0, 0.1) is 5.92 Å². The molecule has 158 valence electrons. The van der Waals surface area contributed by atoms with Crippen LogP contribution in [-0.2, 0) is 4.79 Å². The Morgan fingerprint density at radius 3 is 2.87 bits per heavy atom. The number of aromatic nitrogens is 3. The zero-order chi connectivity index (χ0) is 21.3. The summed E-state index contributed by atoms with van der Waals surface area (Å²) < 4.78 is 29.4. The first-order chi connectivity index (χ1) is 14.4. The normalized spacial score (nSPS) is 16.8. The van der Waals surface area contributed by atoms with E-state index in [0.717, 1.165) is 25.2 Å². The molecule has 0 unspecified atom stereocenters. The summed E-state index contributed by atoms with van der Waals surface area (Å²) in [6.07, 6.45) is 1.80. The molecule has 1 amide bonds. The largest absolute Gasteiger partial charge is 0.435 e. The van der Waals surface area contributed by atoms with E-state index in [1.165, 1.54) is 12.1 Å². The molecule has 2 aromatic heterocycles. The van der Waals surface area contributed by atoms with Gasteiger partial charge < -0.3 is 19.5 Å². The number of nitrogens with zero attached hydrogens (tertiary/aromatic N) is 4. The van der Waals surface area contributed by atoms with E-state index in [1.807, 2.05) is 12.1 Å². The average Bonchev–Trinajstić information content (AvgIpc) is 3.16. The molecule has 3 aromatic rings. The molecule has 1 aliphatic rings. The molecular weight excluding hydrogens is 392 g/mol. The second-order valence-corrected chi connectivity index (χ2v) is 7.55. The van der Waals surface area contributed by atoms with Gasteiger partial charge in [-0.25, -0.2) is 9.97 Å². The topological polar surface area (TPSA) is 74.3 Å². The van der Waals surface area contributed by atoms with Crippen molar-refractivity contribution in [1.29, 1.82) is 0 Å². The summed E-state index contributed by atoms with van der Waals surface area (Å²) in [5, 5.41) is 0. The Balaban J connectivity index is 1.58. The van der Waals surface area contributed by atoms with Crippen LogP contribution in [0.4, 0.5) is 14.6 Å². The third kappa shape index (κ3) is 4.19. The molecule has 9 heteroatoms. The molecule has 1 N–H and O–H groups in total. The number of anilines is 1. The van der Waals surface area contributed by atoms with Crippen LogP contribution in [0.5, 0.6) is 5.75 Å². The fraction of sp³-hybridized carbons (Fsp3) is 0.381. The molecule has 1 aliphatic heterocycles. The first-order valence-corrected chi connectivity index (χ1v) is 9.79. The molecule has 0 spiro atoms. The number of pyridine rings is 1. The maximum Gasteiger partial charge on any atom is 0.387 e. The number of hydrogen-bond donors (Lipinski definition) is 1. The number of alkyl halides is 2. The van der Waals surface area contributed by atoms with Crippen LogP contribution in [0.1, 0.15) is 12.8 Å². The van der Waals surface area contributed by atoms with Crippen molar-refractivity contribution in [3.05, 3.63) is 36.4 Å². The molecule has 4 rings (SSSR count). The third-order valence-corrected chi connectivity index (χ3v) is 5.20. The van der Waals surface area contributed by atoms with E-state index in [4.69, 9.17) is 0 Å². The Bertz CT molecular complexity index is 1050. The lowest BCUT2D eigenvalue weighted by Crippen LogP contribution is -2.43. The number of rotatable bonds is 5. The predicted molar refractivity (Wildman–Crippen MR) is 110 cm³/mol. The van der Waals surface area contributed by atoms with Gasteiger partial charge in [-0.3, -0.25) is 4.79 Å². The lowest BCUT2D eigenvalue weighted by atomic mass is 9.97. The van der Waals surface area contributed by atoms with Crippen molar-refractivity contribution in [1.82, 2.24) is 19.9 Å². The molecule has 3 heterocycles. The number of fused-ring (bicyclic) bond motifs is 1. The first kappa shape index (κ1) is 20.1. The number of carbonyl (C=O) groups excluding carboxylic acids is 1. The maximum absolute atomic E-state index is 12.5. The highest BCUT2D eigenvalue weighted by Crippen LogP contribution is 2.27. The van der Waals surface area contributed by atoms with E-state index in [2.05, 4.69) is 24.6 Å². The minimum atomic E-state index is -2.88. The van der Waals surface area contributed by atoms with Gasteiger partial charge in [0.25, 0.3) is 0 Å². The van der Waals surface area contributed by atoms with Crippen LogP contribution in [0.2, 0.25) is 0 Å². The minimum absolute atomic E-state index is 0.0406. The zero-order valence-electron chi connectivity index (χ0n) is 16.8. The van der Waals surface area contributed by atoms with E-state index in [-0.39, 0.29) is 17.6 Å². The lowest BCUT2D eigenvalue weighted by molar-refractivity contribution is -0.133. The molecule has 1 atom stereocenters. The molecule has 0 saturated carbocycles. The van der Waals surface area contributed by atoms with E-state index in [0.29, 0.717) is 29.1 Å².